The van der Waals surface area contributed by atoms with E-state index < -0.39 is 5.97 Å². The fourth-order valence-electron chi connectivity index (χ4n) is 0.867. The summed E-state index contributed by atoms with van der Waals surface area (Å²) in [7, 11) is 0. The SMILES string of the molecule is O=C(COc1ccc(Cl)cc1)OCCCl. The molecule has 0 aliphatic carbocycles. The first kappa shape index (κ1) is 12.1. The molecule has 0 bridgehead atoms. The van der Waals surface area contributed by atoms with Crippen LogP contribution in [0.15, 0.2) is 24.3 Å². The van der Waals surface area contributed by atoms with E-state index in [0.717, 1.165) is 0 Å². The van der Waals surface area contributed by atoms with Crippen LogP contribution in [0.1, 0.15) is 0 Å². The molecule has 15 heavy (non-hydrogen) atoms. The van der Waals surface area contributed by atoms with E-state index in [1.165, 1.54) is 0 Å². The van der Waals surface area contributed by atoms with Crippen LogP contribution in [0.4, 0.5) is 0 Å². The Kier molecular flexibility index (Phi) is 5.29. The van der Waals surface area contributed by atoms with E-state index >= 15 is 0 Å². The van der Waals surface area contributed by atoms with Crippen molar-refractivity contribution in [1.29, 1.82) is 0 Å². The lowest BCUT2D eigenvalue weighted by atomic mass is 10.3. The predicted molar refractivity (Wildman–Crippen MR) is 58.6 cm³/mol. The molecular weight excluding hydrogens is 239 g/mol. The highest BCUT2D eigenvalue weighted by atomic mass is 35.5. The molecule has 1 rings (SSSR count). The molecule has 0 aromatic heterocycles. The fraction of sp³-hybridized carbons (Fsp3) is 0.300. The topological polar surface area (TPSA) is 35.5 Å². The highest BCUT2D eigenvalue weighted by molar-refractivity contribution is 6.30. The zero-order valence-corrected chi connectivity index (χ0v) is 9.42. The summed E-state index contributed by atoms with van der Waals surface area (Å²) < 4.78 is 9.86. The monoisotopic (exact) mass is 248 g/mol. The number of carbonyl (C=O) groups is 1. The minimum absolute atomic E-state index is 0.126. The second-order valence-electron chi connectivity index (χ2n) is 2.65. The van der Waals surface area contributed by atoms with E-state index in [1.54, 1.807) is 24.3 Å². The number of carbonyl (C=O) groups excluding carboxylic acids is 1. The lowest BCUT2D eigenvalue weighted by Gasteiger charge is -2.05. The number of ether oxygens (including phenoxy) is 2. The highest BCUT2D eigenvalue weighted by Crippen LogP contribution is 2.15. The van der Waals surface area contributed by atoms with Gasteiger partial charge >= 0.3 is 5.97 Å². The van der Waals surface area contributed by atoms with Gasteiger partial charge in [-0.1, -0.05) is 11.6 Å². The molecule has 0 aliphatic rings. The first-order valence-electron chi connectivity index (χ1n) is 4.32. The number of alkyl halides is 1. The van der Waals surface area contributed by atoms with Gasteiger partial charge in [0.05, 0.1) is 5.88 Å². The highest BCUT2D eigenvalue weighted by Gasteiger charge is 2.03. The van der Waals surface area contributed by atoms with Crippen molar-refractivity contribution >= 4 is 29.2 Å². The second-order valence-corrected chi connectivity index (χ2v) is 3.47. The maximum atomic E-state index is 11.0. The average Bonchev–Trinajstić information content (AvgIpc) is 2.25. The summed E-state index contributed by atoms with van der Waals surface area (Å²) in [6, 6.07) is 6.72. The van der Waals surface area contributed by atoms with Crippen molar-refractivity contribution in [2.24, 2.45) is 0 Å². The smallest absolute Gasteiger partial charge is 0.344 e. The number of rotatable bonds is 5. The molecule has 1 aromatic rings. The first-order chi connectivity index (χ1) is 7.22. The van der Waals surface area contributed by atoms with Crippen molar-refractivity contribution in [1.82, 2.24) is 0 Å². The van der Waals surface area contributed by atoms with E-state index in [1.807, 2.05) is 0 Å². The van der Waals surface area contributed by atoms with Crippen LogP contribution >= 0.6 is 23.2 Å². The van der Waals surface area contributed by atoms with Crippen molar-refractivity contribution in [3.05, 3.63) is 29.3 Å². The summed E-state index contributed by atoms with van der Waals surface area (Å²) in [6.45, 7) is 0.0723. The average molecular weight is 249 g/mol. The second kappa shape index (κ2) is 6.53. The van der Waals surface area contributed by atoms with Crippen LogP contribution in [0.2, 0.25) is 5.02 Å². The predicted octanol–water partition coefficient (Wildman–Crippen LogP) is 2.50. The standard InChI is InChI=1S/C10H10Cl2O3/c11-5-6-14-10(13)7-15-9-3-1-8(12)2-4-9/h1-4H,5-7H2. The van der Waals surface area contributed by atoms with E-state index in [-0.39, 0.29) is 19.1 Å². The van der Waals surface area contributed by atoms with Gasteiger partial charge in [-0.25, -0.2) is 4.79 Å². The van der Waals surface area contributed by atoms with Crippen LogP contribution in [0.3, 0.4) is 0 Å². The van der Waals surface area contributed by atoms with Crippen molar-refractivity contribution in [3.63, 3.8) is 0 Å². The van der Waals surface area contributed by atoms with Crippen molar-refractivity contribution in [3.8, 4) is 5.75 Å². The third-order valence-corrected chi connectivity index (χ3v) is 1.92. The normalized spacial score (nSPS) is 9.73. The van der Waals surface area contributed by atoms with Gasteiger partial charge in [0.25, 0.3) is 0 Å². The van der Waals surface area contributed by atoms with Crippen LogP contribution in [0.25, 0.3) is 0 Å². The van der Waals surface area contributed by atoms with Crippen LogP contribution in [-0.4, -0.2) is 25.1 Å². The lowest BCUT2D eigenvalue weighted by Crippen LogP contribution is -2.15. The summed E-state index contributed by atoms with van der Waals surface area (Å²) in [6.07, 6.45) is 0. The summed E-state index contributed by atoms with van der Waals surface area (Å²) in [5.41, 5.74) is 0. The molecule has 0 saturated carbocycles. The maximum Gasteiger partial charge on any atom is 0.344 e. The molecule has 0 N–H and O–H groups in total. The largest absolute Gasteiger partial charge is 0.482 e. The molecule has 0 aliphatic heterocycles. The van der Waals surface area contributed by atoms with Crippen LogP contribution < -0.4 is 4.74 Å². The minimum atomic E-state index is -0.439. The van der Waals surface area contributed by atoms with Gasteiger partial charge < -0.3 is 9.47 Å². The molecule has 0 saturated heterocycles. The molecule has 0 heterocycles. The van der Waals surface area contributed by atoms with Gasteiger partial charge in [-0.15, -0.1) is 11.6 Å². The molecule has 1 aromatic carbocycles. The van der Waals surface area contributed by atoms with Gasteiger partial charge in [0.15, 0.2) is 6.61 Å². The maximum absolute atomic E-state index is 11.0. The molecule has 0 fully saturated rings. The molecule has 5 heteroatoms. The summed E-state index contributed by atoms with van der Waals surface area (Å²) in [4.78, 5) is 11.0. The number of halogens is 2. The molecule has 0 radical (unpaired) electrons. The Bertz CT molecular complexity index is 311. The third kappa shape index (κ3) is 4.91. The number of esters is 1. The minimum Gasteiger partial charge on any atom is -0.482 e. The van der Waals surface area contributed by atoms with Gasteiger partial charge in [0.2, 0.25) is 0 Å². The van der Waals surface area contributed by atoms with E-state index in [9.17, 15) is 4.79 Å². The van der Waals surface area contributed by atoms with Gasteiger partial charge in [-0.05, 0) is 24.3 Å². The van der Waals surface area contributed by atoms with Crippen LogP contribution in [-0.2, 0) is 9.53 Å². The van der Waals surface area contributed by atoms with Gasteiger partial charge in [-0.2, -0.15) is 0 Å². The van der Waals surface area contributed by atoms with Gasteiger partial charge in [0, 0.05) is 5.02 Å². The molecule has 0 unspecified atom stereocenters. The zero-order chi connectivity index (χ0) is 11.1. The Hall–Kier alpha value is -0.930. The number of hydrogen-bond donors (Lipinski definition) is 0. The first-order valence-corrected chi connectivity index (χ1v) is 5.23. The number of benzene rings is 1. The van der Waals surface area contributed by atoms with E-state index in [4.69, 9.17) is 32.7 Å². The van der Waals surface area contributed by atoms with Crippen molar-refractivity contribution in [2.45, 2.75) is 0 Å². The van der Waals surface area contributed by atoms with E-state index in [2.05, 4.69) is 0 Å². The van der Waals surface area contributed by atoms with Crippen LogP contribution in [0, 0.1) is 0 Å². The Morgan fingerprint density at radius 1 is 1.27 bits per heavy atom. The molecule has 0 amide bonds. The van der Waals surface area contributed by atoms with Gasteiger partial charge in [0.1, 0.15) is 12.4 Å². The summed E-state index contributed by atoms with van der Waals surface area (Å²) in [5.74, 6) is 0.417. The number of hydrogen-bond acceptors (Lipinski definition) is 3. The third-order valence-electron chi connectivity index (χ3n) is 1.51. The Morgan fingerprint density at radius 3 is 2.53 bits per heavy atom. The molecular formula is C10H10Cl2O3. The molecule has 0 spiro atoms. The van der Waals surface area contributed by atoms with Gasteiger partial charge in [-0.3, -0.25) is 0 Å². The molecule has 82 valence electrons. The van der Waals surface area contributed by atoms with Crippen molar-refractivity contribution < 1.29 is 14.3 Å². The molecule has 0 atom stereocenters. The summed E-state index contributed by atoms with van der Waals surface area (Å²) in [5, 5.41) is 0.618. The van der Waals surface area contributed by atoms with Crippen molar-refractivity contribution in [2.75, 3.05) is 19.1 Å². The zero-order valence-electron chi connectivity index (χ0n) is 7.91. The Labute approximate surface area is 97.9 Å². The lowest BCUT2D eigenvalue weighted by molar-refractivity contribution is -0.145. The molecule has 3 nitrogen and oxygen atoms in total. The fourth-order valence-corrected chi connectivity index (χ4v) is 1.07. The van der Waals surface area contributed by atoms with Crippen LogP contribution in [0.5, 0.6) is 5.75 Å². The quantitative estimate of drug-likeness (QED) is 0.594. The Balaban J connectivity index is 2.30. The summed E-state index contributed by atoms with van der Waals surface area (Å²) >= 11 is 11.0. The Morgan fingerprint density at radius 2 is 1.93 bits per heavy atom. The van der Waals surface area contributed by atoms with E-state index in [0.29, 0.717) is 10.8 Å².